The Morgan fingerprint density at radius 2 is 2.18 bits per heavy atom. The van der Waals surface area contributed by atoms with Gasteiger partial charge in [-0.25, -0.2) is 9.98 Å². The average molecular weight is 321 g/mol. The fourth-order valence-electron chi connectivity index (χ4n) is 2.04. The monoisotopic (exact) mass is 320 g/mol. The van der Waals surface area contributed by atoms with E-state index in [-0.39, 0.29) is 6.04 Å². The van der Waals surface area contributed by atoms with Gasteiger partial charge in [0, 0.05) is 18.6 Å². The summed E-state index contributed by atoms with van der Waals surface area (Å²) in [6.07, 6.45) is 1.53. The summed E-state index contributed by atoms with van der Waals surface area (Å²) in [5, 5.41) is 11.4. The fourth-order valence-corrected chi connectivity index (χ4v) is 2.34. The molecule has 1 heterocycles. The Kier molecular flexibility index (Phi) is 5.77. The standard InChI is InChI=1S/C15H21ClN6/c1-4-17-15(18-9-14-19-10-20-22(14)3)21-11(2)12-7-5-6-8-13(12)16/h5-8,10-11H,4,9H2,1-3H3,(H2,17,18,21). The highest BCUT2D eigenvalue weighted by atomic mass is 35.5. The van der Waals surface area contributed by atoms with Crippen LogP contribution in [0.25, 0.3) is 0 Å². The van der Waals surface area contributed by atoms with Gasteiger partial charge in [-0.1, -0.05) is 29.8 Å². The van der Waals surface area contributed by atoms with Crippen LogP contribution < -0.4 is 10.6 Å². The van der Waals surface area contributed by atoms with Gasteiger partial charge in [-0.2, -0.15) is 5.10 Å². The molecule has 0 bridgehead atoms. The van der Waals surface area contributed by atoms with Crippen molar-refractivity contribution < 1.29 is 0 Å². The molecule has 0 aliphatic carbocycles. The highest BCUT2D eigenvalue weighted by molar-refractivity contribution is 6.31. The molecular weight excluding hydrogens is 300 g/mol. The molecule has 7 heteroatoms. The van der Waals surface area contributed by atoms with Gasteiger partial charge in [-0.15, -0.1) is 0 Å². The first-order valence-electron chi connectivity index (χ1n) is 7.24. The van der Waals surface area contributed by atoms with Crippen LogP contribution in [0.3, 0.4) is 0 Å². The van der Waals surface area contributed by atoms with E-state index in [0.717, 1.165) is 28.9 Å². The van der Waals surface area contributed by atoms with Crippen LogP contribution in [0, 0.1) is 0 Å². The molecule has 0 saturated carbocycles. The van der Waals surface area contributed by atoms with Gasteiger partial charge < -0.3 is 10.6 Å². The molecule has 0 saturated heterocycles. The quantitative estimate of drug-likeness (QED) is 0.655. The lowest BCUT2D eigenvalue weighted by Gasteiger charge is -2.19. The second-order valence-corrected chi connectivity index (χ2v) is 5.29. The maximum absolute atomic E-state index is 6.24. The molecule has 0 aliphatic rings. The highest BCUT2D eigenvalue weighted by Gasteiger charge is 2.11. The van der Waals surface area contributed by atoms with Crippen molar-refractivity contribution in [3.8, 4) is 0 Å². The number of rotatable bonds is 5. The molecule has 118 valence electrons. The SMILES string of the molecule is CCNC(=NCc1ncnn1C)NC(C)c1ccccc1Cl. The molecule has 1 aromatic heterocycles. The fraction of sp³-hybridized carbons (Fsp3) is 0.400. The van der Waals surface area contributed by atoms with Crippen molar-refractivity contribution in [3.63, 3.8) is 0 Å². The molecule has 0 aliphatic heterocycles. The van der Waals surface area contributed by atoms with Crippen molar-refractivity contribution in [3.05, 3.63) is 47.0 Å². The summed E-state index contributed by atoms with van der Waals surface area (Å²) >= 11 is 6.24. The summed E-state index contributed by atoms with van der Waals surface area (Å²) < 4.78 is 1.71. The summed E-state index contributed by atoms with van der Waals surface area (Å²) in [5.74, 6) is 1.53. The molecule has 0 radical (unpaired) electrons. The third-order valence-corrected chi connectivity index (χ3v) is 3.60. The number of guanidine groups is 1. The van der Waals surface area contributed by atoms with Gasteiger partial charge in [0.05, 0.1) is 6.04 Å². The van der Waals surface area contributed by atoms with Gasteiger partial charge in [-0.3, -0.25) is 4.68 Å². The minimum atomic E-state index is 0.0472. The summed E-state index contributed by atoms with van der Waals surface area (Å²) in [4.78, 5) is 8.71. The smallest absolute Gasteiger partial charge is 0.192 e. The number of aliphatic imine (C=N–C) groups is 1. The predicted molar refractivity (Wildman–Crippen MR) is 88.8 cm³/mol. The van der Waals surface area contributed by atoms with E-state index >= 15 is 0 Å². The Balaban J connectivity index is 2.08. The van der Waals surface area contributed by atoms with Gasteiger partial charge in [0.1, 0.15) is 18.7 Å². The predicted octanol–water partition coefficient (Wildman–Crippen LogP) is 2.28. The van der Waals surface area contributed by atoms with Gasteiger partial charge >= 0.3 is 0 Å². The molecule has 2 aromatic rings. The van der Waals surface area contributed by atoms with Crippen molar-refractivity contribution in [2.75, 3.05) is 6.54 Å². The molecule has 22 heavy (non-hydrogen) atoms. The number of hydrogen-bond donors (Lipinski definition) is 2. The first-order chi connectivity index (χ1) is 10.6. The Hall–Kier alpha value is -2.08. The van der Waals surface area contributed by atoms with E-state index in [1.165, 1.54) is 6.33 Å². The largest absolute Gasteiger partial charge is 0.357 e. The Morgan fingerprint density at radius 3 is 2.82 bits per heavy atom. The first-order valence-corrected chi connectivity index (χ1v) is 7.61. The Bertz CT molecular complexity index is 636. The lowest BCUT2D eigenvalue weighted by atomic mass is 10.1. The maximum atomic E-state index is 6.24. The third kappa shape index (κ3) is 4.21. The molecule has 1 aromatic carbocycles. The minimum Gasteiger partial charge on any atom is -0.357 e. The molecule has 2 rings (SSSR count). The number of aryl methyl sites for hydroxylation is 1. The van der Waals surface area contributed by atoms with E-state index in [1.54, 1.807) is 4.68 Å². The second kappa shape index (κ2) is 7.79. The van der Waals surface area contributed by atoms with E-state index in [2.05, 4.69) is 32.6 Å². The highest BCUT2D eigenvalue weighted by Crippen LogP contribution is 2.21. The number of nitrogens with zero attached hydrogens (tertiary/aromatic N) is 4. The number of benzene rings is 1. The lowest BCUT2D eigenvalue weighted by molar-refractivity contribution is 0.672. The lowest BCUT2D eigenvalue weighted by Crippen LogP contribution is -2.38. The zero-order chi connectivity index (χ0) is 15.9. The van der Waals surface area contributed by atoms with Crippen LogP contribution in [0.1, 0.15) is 31.3 Å². The van der Waals surface area contributed by atoms with Gasteiger partial charge in [0.15, 0.2) is 5.96 Å². The normalized spacial score (nSPS) is 13.0. The number of nitrogens with one attached hydrogen (secondary N) is 2. The zero-order valence-corrected chi connectivity index (χ0v) is 13.8. The van der Waals surface area contributed by atoms with Crippen molar-refractivity contribution in [1.29, 1.82) is 0 Å². The zero-order valence-electron chi connectivity index (χ0n) is 13.0. The molecular formula is C15H21ClN6. The van der Waals surface area contributed by atoms with E-state index in [9.17, 15) is 0 Å². The summed E-state index contributed by atoms with van der Waals surface area (Å²) in [6.45, 7) is 5.32. The Labute approximate surface area is 135 Å². The number of halogens is 1. The minimum absolute atomic E-state index is 0.0472. The summed E-state index contributed by atoms with van der Waals surface area (Å²) in [7, 11) is 1.85. The van der Waals surface area contributed by atoms with E-state index in [4.69, 9.17) is 11.6 Å². The van der Waals surface area contributed by atoms with Crippen molar-refractivity contribution >= 4 is 17.6 Å². The molecule has 6 nitrogen and oxygen atoms in total. The molecule has 0 fully saturated rings. The third-order valence-electron chi connectivity index (χ3n) is 3.25. The van der Waals surface area contributed by atoms with Crippen LogP contribution in [-0.4, -0.2) is 27.3 Å². The van der Waals surface area contributed by atoms with Crippen LogP contribution in [0.2, 0.25) is 5.02 Å². The molecule has 0 amide bonds. The molecule has 1 atom stereocenters. The Morgan fingerprint density at radius 1 is 1.41 bits per heavy atom. The van der Waals surface area contributed by atoms with Crippen molar-refractivity contribution in [1.82, 2.24) is 25.4 Å². The van der Waals surface area contributed by atoms with E-state index in [0.29, 0.717) is 6.54 Å². The van der Waals surface area contributed by atoms with Crippen LogP contribution in [0.4, 0.5) is 0 Å². The van der Waals surface area contributed by atoms with Crippen LogP contribution in [-0.2, 0) is 13.6 Å². The van der Waals surface area contributed by atoms with Gasteiger partial charge in [0.25, 0.3) is 0 Å². The summed E-state index contributed by atoms with van der Waals surface area (Å²) in [6, 6.07) is 7.84. The number of aromatic nitrogens is 3. The van der Waals surface area contributed by atoms with Crippen molar-refractivity contribution in [2.24, 2.45) is 12.0 Å². The second-order valence-electron chi connectivity index (χ2n) is 4.88. The molecule has 0 spiro atoms. The van der Waals surface area contributed by atoms with Crippen LogP contribution >= 0.6 is 11.6 Å². The topological polar surface area (TPSA) is 67.1 Å². The van der Waals surface area contributed by atoms with Gasteiger partial charge in [-0.05, 0) is 25.5 Å². The molecule has 1 unspecified atom stereocenters. The van der Waals surface area contributed by atoms with Crippen LogP contribution in [0.5, 0.6) is 0 Å². The first kappa shape index (κ1) is 16.3. The van der Waals surface area contributed by atoms with E-state index < -0.39 is 0 Å². The van der Waals surface area contributed by atoms with Crippen molar-refractivity contribution in [2.45, 2.75) is 26.4 Å². The van der Waals surface area contributed by atoms with E-state index in [1.807, 2.05) is 38.2 Å². The van der Waals surface area contributed by atoms with Gasteiger partial charge in [0.2, 0.25) is 0 Å². The average Bonchev–Trinajstić information content (AvgIpc) is 2.90. The number of hydrogen-bond acceptors (Lipinski definition) is 3. The summed E-state index contributed by atoms with van der Waals surface area (Å²) in [5.41, 5.74) is 1.04. The molecule has 2 N–H and O–H groups in total. The maximum Gasteiger partial charge on any atom is 0.192 e. The van der Waals surface area contributed by atoms with Crippen LogP contribution in [0.15, 0.2) is 35.6 Å².